The summed E-state index contributed by atoms with van der Waals surface area (Å²) in [5, 5.41) is 8.06. The molecule has 0 aliphatic heterocycles. The van der Waals surface area contributed by atoms with Crippen LogP contribution in [0.4, 0.5) is 0 Å². The highest BCUT2D eigenvalue weighted by molar-refractivity contribution is 5.93. The molecule has 0 amide bonds. The standard InChI is InChI=1S/C15H10N4O/c20-15-10-6-2-1-5-9(10)13(18-19-15)14-16-11-7-3-4-8-12(11)17-14/h1-8H,(H,16,17)(H,19,20). The second kappa shape index (κ2) is 4.03. The number of H-pyrrole nitrogens is 2. The van der Waals surface area contributed by atoms with Gasteiger partial charge in [-0.05, 0) is 18.2 Å². The van der Waals surface area contributed by atoms with Gasteiger partial charge in [0, 0.05) is 5.39 Å². The van der Waals surface area contributed by atoms with Crippen molar-refractivity contribution in [1.29, 1.82) is 0 Å². The third kappa shape index (κ3) is 1.53. The molecule has 2 heterocycles. The van der Waals surface area contributed by atoms with Gasteiger partial charge >= 0.3 is 0 Å². The van der Waals surface area contributed by atoms with Crippen molar-refractivity contribution >= 4 is 21.8 Å². The summed E-state index contributed by atoms with van der Waals surface area (Å²) in [5.74, 6) is 0.652. The Kier molecular flexibility index (Phi) is 2.20. The molecule has 2 N–H and O–H groups in total. The molecule has 96 valence electrons. The zero-order chi connectivity index (χ0) is 13.5. The topological polar surface area (TPSA) is 74.4 Å². The van der Waals surface area contributed by atoms with Crippen molar-refractivity contribution in [3.05, 3.63) is 58.9 Å². The number of aromatic amines is 2. The van der Waals surface area contributed by atoms with Gasteiger partial charge < -0.3 is 4.98 Å². The number of para-hydroxylation sites is 2. The first kappa shape index (κ1) is 10.9. The maximum atomic E-state index is 11.8. The van der Waals surface area contributed by atoms with E-state index in [1.165, 1.54) is 0 Å². The predicted molar refractivity (Wildman–Crippen MR) is 77.5 cm³/mol. The molecule has 0 atom stereocenters. The molecule has 0 bridgehead atoms. The lowest BCUT2D eigenvalue weighted by molar-refractivity contribution is 1.01. The summed E-state index contributed by atoms with van der Waals surface area (Å²) in [6.07, 6.45) is 0. The van der Waals surface area contributed by atoms with Crippen LogP contribution in [0.3, 0.4) is 0 Å². The first-order chi connectivity index (χ1) is 9.83. The van der Waals surface area contributed by atoms with Crippen LogP contribution in [0, 0.1) is 0 Å². The lowest BCUT2D eigenvalue weighted by Crippen LogP contribution is -2.09. The van der Waals surface area contributed by atoms with Crippen LogP contribution in [-0.4, -0.2) is 20.2 Å². The molecule has 4 rings (SSSR count). The van der Waals surface area contributed by atoms with Crippen LogP contribution in [-0.2, 0) is 0 Å². The Morgan fingerprint density at radius 1 is 0.900 bits per heavy atom. The number of rotatable bonds is 1. The Bertz CT molecular complexity index is 951. The van der Waals surface area contributed by atoms with Crippen LogP contribution < -0.4 is 5.56 Å². The minimum absolute atomic E-state index is 0.194. The van der Waals surface area contributed by atoms with Crippen molar-refractivity contribution in [3.63, 3.8) is 0 Å². The van der Waals surface area contributed by atoms with E-state index in [9.17, 15) is 4.79 Å². The molecular weight excluding hydrogens is 252 g/mol. The third-order valence-electron chi connectivity index (χ3n) is 3.31. The highest BCUT2D eigenvalue weighted by Gasteiger charge is 2.11. The fourth-order valence-corrected chi connectivity index (χ4v) is 2.36. The molecule has 4 aromatic rings. The van der Waals surface area contributed by atoms with Gasteiger partial charge in [-0.1, -0.05) is 30.3 Å². The Balaban J connectivity index is 2.07. The summed E-state index contributed by atoms with van der Waals surface area (Å²) in [4.78, 5) is 19.5. The Morgan fingerprint density at radius 2 is 1.65 bits per heavy atom. The molecule has 5 nitrogen and oxygen atoms in total. The maximum Gasteiger partial charge on any atom is 0.272 e. The Labute approximate surface area is 113 Å². The maximum absolute atomic E-state index is 11.8. The van der Waals surface area contributed by atoms with E-state index in [4.69, 9.17) is 0 Å². The number of hydrogen-bond donors (Lipinski definition) is 2. The summed E-state index contributed by atoms with van der Waals surface area (Å²) in [5.41, 5.74) is 2.27. The summed E-state index contributed by atoms with van der Waals surface area (Å²) >= 11 is 0. The normalized spacial score (nSPS) is 11.2. The Morgan fingerprint density at radius 3 is 2.50 bits per heavy atom. The molecule has 0 aliphatic carbocycles. The van der Waals surface area contributed by atoms with Gasteiger partial charge in [0.2, 0.25) is 0 Å². The van der Waals surface area contributed by atoms with Gasteiger partial charge in [-0.2, -0.15) is 5.10 Å². The van der Waals surface area contributed by atoms with E-state index in [-0.39, 0.29) is 5.56 Å². The Hall–Kier alpha value is -2.95. The summed E-state index contributed by atoms with van der Waals surface area (Å²) in [7, 11) is 0. The molecule has 0 saturated heterocycles. The number of fused-ring (bicyclic) bond motifs is 2. The summed E-state index contributed by atoms with van der Waals surface area (Å²) in [6.45, 7) is 0. The second-order valence-electron chi connectivity index (χ2n) is 4.55. The van der Waals surface area contributed by atoms with Gasteiger partial charge in [0.05, 0.1) is 16.4 Å². The smallest absolute Gasteiger partial charge is 0.272 e. The molecule has 0 fully saturated rings. The molecule has 0 saturated carbocycles. The van der Waals surface area contributed by atoms with Crippen LogP contribution in [0.5, 0.6) is 0 Å². The lowest BCUT2D eigenvalue weighted by atomic mass is 10.1. The minimum atomic E-state index is -0.194. The van der Waals surface area contributed by atoms with Crippen LogP contribution in [0.1, 0.15) is 0 Å². The van der Waals surface area contributed by atoms with Gasteiger partial charge in [0.15, 0.2) is 5.82 Å². The largest absolute Gasteiger partial charge is 0.337 e. The predicted octanol–water partition coefficient (Wildman–Crippen LogP) is 2.47. The van der Waals surface area contributed by atoms with E-state index in [0.717, 1.165) is 16.4 Å². The number of benzene rings is 2. The molecule has 5 heteroatoms. The van der Waals surface area contributed by atoms with E-state index in [0.29, 0.717) is 16.9 Å². The van der Waals surface area contributed by atoms with Crippen molar-refractivity contribution in [2.75, 3.05) is 0 Å². The van der Waals surface area contributed by atoms with Crippen molar-refractivity contribution in [3.8, 4) is 11.5 Å². The lowest BCUT2D eigenvalue weighted by Gasteiger charge is -2.01. The zero-order valence-electron chi connectivity index (χ0n) is 10.4. The minimum Gasteiger partial charge on any atom is -0.337 e. The third-order valence-corrected chi connectivity index (χ3v) is 3.31. The molecule has 0 radical (unpaired) electrons. The molecule has 0 unspecified atom stereocenters. The average Bonchev–Trinajstić information content (AvgIpc) is 2.91. The van der Waals surface area contributed by atoms with E-state index in [2.05, 4.69) is 20.2 Å². The molecule has 0 aliphatic rings. The number of hydrogen-bond acceptors (Lipinski definition) is 3. The molecule has 2 aromatic carbocycles. The molecule has 0 spiro atoms. The van der Waals surface area contributed by atoms with Crippen molar-refractivity contribution in [2.24, 2.45) is 0 Å². The van der Waals surface area contributed by atoms with Crippen LogP contribution in [0.15, 0.2) is 53.3 Å². The molecule has 2 aromatic heterocycles. The van der Waals surface area contributed by atoms with Crippen molar-refractivity contribution in [1.82, 2.24) is 20.2 Å². The second-order valence-corrected chi connectivity index (χ2v) is 4.55. The average molecular weight is 262 g/mol. The monoisotopic (exact) mass is 262 g/mol. The quantitative estimate of drug-likeness (QED) is 0.553. The highest BCUT2D eigenvalue weighted by Crippen LogP contribution is 2.23. The van der Waals surface area contributed by atoms with Gasteiger partial charge in [-0.3, -0.25) is 4.79 Å². The fourth-order valence-electron chi connectivity index (χ4n) is 2.36. The number of imidazole rings is 1. The summed E-state index contributed by atoms with van der Waals surface area (Å²) < 4.78 is 0. The van der Waals surface area contributed by atoms with E-state index >= 15 is 0 Å². The first-order valence-electron chi connectivity index (χ1n) is 6.25. The van der Waals surface area contributed by atoms with E-state index < -0.39 is 0 Å². The van der Waals surface area contributed by atoms with Gasteiger partial charge in [0.25, 0.3) is 5.56 Å². The van der Waals surface area contributed by atoms with Gasteiger partial charge in [-0.25, -0.2) is 10.1 Å². The first-order valence-corrected chi connectivity index (χ1v) is 6.25. The number of nitrogens with zero attached hydrogens (tertiary/aromatic N) is 2. The SMILES string of the molecule is O=c1[nH]nc(-c2nc3ccccc3[nH]2)c2ccccc12. The van der Waals surface area contributed by atoms with Crippen LogP contribution in [0.2, 0.25) is 0 Å². The molecule has 20 heavy (non-hydrogen) atoms. The van der Waals surface area contributed by atoms with Crippen molar-refractivity contribution < 1.29 is 0 Å². The van der Waals surface area contributed by atoms with Crippen molar-refractivity contribution in [2.45, 2.75) is 0 Å². The fraction of sp³-hybridized carbons (Fsp3) is 0. The van der Waals surface area contributed by atoms with Gasteiger partial charge in [-0.15, -0.1) is 0 Å². The molecular formula is C15H10N4O. The zero-order valence-corrected chi connectivity index (χ0v) is 10.4. The van der Waals surface area contributed by atoms with Gasteiger partial charge in [0.1, 0.15) is 5.69 Å². The van der Waals surface area contributed by atoms with Crippen LogP contribution in [0.25, 0.3) is 33.3 Å². The van der Waals surface area contributed by atoms with E-state index in [1.54, 1.807) is 6.07 Å². The van der Waals surface area contributed by atoms with Crippen LogP contribution >= 0.6 is 0 Å². The number of aromatic nitrogens is 4. The summed E-state index contributed by atoms with van der Waals surface area (Å²) in [6, 6.07) is 15.1. The highest BCUT2D eigenvalue weighted by atomic mass is 16.1. The number of nitrogens with one attached hydrogen (secondary N) is 2. The van der Waals surface area contributed by atoms with E-state index in [1.807, 2.05) is 42.5 Å².